The maximum absolute atomic E-state index is 13.7. The zero-order chi connectivity index (χ0) is 20.9. The molecule has 1 N–H and O–H groups in total. The van der Waals surface area contributed by atoms with Gasteiger partial charge in [-0.1, -0.05) is 29.8 Å². The lowest BCUT2D eigenvalue weighted by Gasteiger charge is -2.50. The lowest BCUT2D eigenvalue weighted by molar-refractivity contribution is -0.129. The molecule has 0 aromatic heterocycles. The molecule has 0 bridgehead atoms. The molecule has 6 heteroatoms. The van der Waals surface area contributed by atoms with Gasteiger partial charge in [0.2, 0.25) is 11.6 Å². The Balaban J connectivity index is 1.86. The fraction of sp³-hybridized carbons (Fsp3) is 0.348. The van der Waals surface area contributed by atoms with E-state index in [1.165, 1.54) is 4.90 Å². The van der Waals surface area contributed by atoms with Crippen LogP contribution in [0.3, 0.4) is 0 Å². The lowest BCUT2D eigenvalue weighted by Crippen LogP contribution is -2.70. The van der Waals surface area contributed by atoms with Crippen molar-refractivity contribution in [1.82, 2.24) is 4.90 Å². The summed E-state index contributed by atoms with van der Waals surface area (Å²) in [7, 11) is 0. The first kappa shape index (κ1) is 19.2. The summed E-state index contributed by atoms with van der Waals surface area (Å²) in [5, 5.41) is 3.00. The molecule has 1 unspecified atom stereocenters. The van der Waals surface area contributed by atoms with Gasteiger partial charge < -0.3 is 10.2 Å². The van der Waals surface area contributed by atoms with Crippen molar-refractivity contribution in [2.45, 2.75) is 52.2 Å². The fourth-order valence-corrected chi connectivity index (χ4v) is 4.58. The van der Waals surface area contributed by atoms with Crippen molar-refractivity contribution in [3.05, 3.63) is 59.2 Å². The number of hydrogen-bond donors (Lipinski definition) is 1. The fourth-order valence-electron chi connectivity index (χ4n) is 4.58. The summed E-state index contributed by atoms with van der Waals surface area (Å²) in [6.45, 7) is 7.67. The van der Waals surface area contributed by atoms with Crippen LogP contribution in [0.4, 0.5) is 11.4 Å². The van der Waals surface area contributed by atoms with Gasteiger partial charge in [-0.15, -0.1) is 0 Å². The maximum atomic E-state index is 13.7. The zero-order valence-electron chi connectivity index (χ0n) is 17.2. The number of para-hydroxylation sites is 1. The first-order valence-electron chi connectivity index (χ1n) is 9.92. The van der Waals surface area contributed by atoms with Crippen molar-refractivity contribution >= 4 is 29.1 Å². The summed E-state index contributed by atoms with van der Waals surface area (Å²) in [6.07, 6.45) is 0.478. The third kappa shape index (κ3) is 2.74. The van der Waals surface area contributed by atoms with Gasteiger partial charge in [0.25, 0.3) is 11.8 Å². The van der Waals surface area contributed by atoms with E-state index in [0.717, 1.165) is 11.1 Å². The third-order valence-electron chi connectivity index (χ3n) is 5.81. The van der Waals surface area contributed by atoms with E-state index in [9.17, 15) is 14.4 Å². The summed E-state index contributed by atoms with van der Waals surface area (Å²) in [6, 6.07) is 12.5. The van der Waals surface area contributed by atoms with Crippen LogP contribution < -0.4 is 10.2 Å². The Kier molecular flexibility index (Phi) is 4.45. The van der Waals surface area contributed by atoms with Gasteiger partial charge in [-0.25, -0.2) is 0 Å². The highest BCUT2D eigenvalue weighted by atomic mass is 16.2. The van der Waals surface area contributed by atoms with Gasteiger partial charge in [0.05, 0.1) is 11.3 Å². The molecule has 150 valence electrons. The maximum Gasteiger partial charge on any atom is 0.271 e. The minimum absolute atomic E-state index is 0.147. The van der Waals surface area contributed by atoms with Crippen molar-refractivity contribution < 1.29 is 14.4 Å². The van der Waals surface area contributed by atoms with Crippen LogP contribution >= 0.6 is 0 Å². The Hall–Kier alpha value is -3.15. The third-order valence-corrected chi connectivity index (χ3v) is 5.81. The molecule has 1 atom stereocenters. The van der Waals surface area contributed by atoms with Crippen LogP contribution in [-0.4, -0.2) is 34.3 Å². The SMILES string of the molecule is Cc1ccc(NC(=O)C23CCC(=O)N2c2ccccc2C(=O)N3C(C)C)c(C)c1. The van der Waals surface area contributed by atoms with Crippen LogP contribution in [0.15, 0.2) is 42.5 Å². The highest BCUT2D eigenvalue weighted by Crippen LogP contribution is 2.45. The Morgan fingerprint density at radius 3 is 2.52 bits per heavy atom. The highest BCUT2D eigenvalue weighted by molar-refractivity contribution is 6.18. The number of nitrogens with zero attached hydrogens (tertiary/aromatic N) is 2. The molecule has 2 aromatic carbocycles. The van der Waals surface area contributed by atoms with E-state index in [2.05, 4.69) is 5.32 Å². The van der Waals surface area contributed by atoms with Crippen LogP contribution in [-0.2, 0) is 9.59 Å². The van der Waals surface area contributed by atoms with Crippen molar-refractivity contribution in [2.75, 3.05) is 10.2 Å². The number of fused-ring (bicyclic) bond motifs is 3. The molecular formula is C23H25N3O3. The molecule has 2 aliphatic heterocycles. The Labute approximate surface area is 170 Å². The van der Waals surface area contributed by atoms with E-state index < -0.39 is 5.66 Å². The van der Waals surface area contributed by atoms with E-state index in [4.69, 9.17) is 0 Å². The predicted octanol–water partition coefficient (Wildman–Crippen LogP) is 3.63. The van der Waals surface area contributed by atoms with Crippen molar-refractivity contribution in [3.63, 3.8) is 0 Å². The van der Waals surface area contributed by atoms with Crippen LogP contribution in [0, 0.1) is 13.8 Å². The van der Waals surface area contributed by atoms with E-state index in [-0.39, 0.29) is 36.6 Å². The second-order valence-corrected chi connectivity index (χ2v) is 8.10. The molecule has 0 radical (unpaired) electrons. The normalized spacial score (nSPS) is 20.7. The molecule has 2 aromatic rings. The molecule has 0 saturated carbocycles. The summed E-state index contributed by atoms with van der Waals surface area (Å²) >= 11 is 0. The number of amides is 3. The average molecular weight is 391 g/mol. The monoisotopic (exact) mass is 391 g/mol. The van der Waals surface area contributed by atoms with Crippen molar-refractivity contribution in [2.24, 2.45) is 0 Å². The van der Waals surface area contributed by atoms with Crippen LogP contribution in [0.2, 0.25) is 0 Å². The number of hydrogen-bond acceptors (Lipinski definition) is 3. The van der Waals surface area contributed by atoms with Crippen LogP contribution in [0.5, 0.6) is 0 Å². The standard InChI is InChI=1S/C23H25N3O3/c1-14(2)25-21(28)17-7-5-6-8-19(17)26-20(27)11-12-23(25,26)22(29)24-18-10-9-15(3)13-16(18)4/h5-10,13-14H,11-12H2,1-4H3,(H,24,29). The van der Waals surface area contributed by atoms with E-state index in [1.807, 2.05) is 45.9 Å². The van der Waals surface area contributed by atoms with Gasteiger partial charge in [0.1, 0.15) is 0 Å². The molecule has 2 aliphatic rings. The molecule has 3 amide bonds. The van der Waals surface area contributed by atoms with Gasteiger partial charge in [0, 0.05) is 24.6 Å². The number of carbonyl (C=O) groups is 3. The van der Waals surface area contributed by atoms with Crippen LogP contribution in [0.25, 0.3) is 0 Å². The summed E-state index contributed by atoms with van der Waals surface area (Å²) in [5.74, 6) is -0.726. The van der Waals surface area contributed by atoms with Crippen molar-refractivity contribution in [1.29, 1.82) is 0 Å². The molecular weight excluding hydrogens is 366 g/mol. The predicted molar refractivity (Wildman–Crippen MR) is 112 cm³/mol. The van der Waals surface area contributed by atoms with E-state index in [0.29, 0.717) is 16.9 Å². The van der Waals surface area contributed by atoms with Crippen molar-refractivity contribution in [3.8, 4) is 0 Å². The number of carbonyl (C=O) groups excluding carboxylic acids is 3. The van der Waals surface area contributed by atoms with Gasteiger partial charge in [-0.2, -0.15) is 0 Å². The van der Waals surface area contributed by atoms with E-state index >= 15 is 0 Å². The van der Waals surface area contributed by atoms with Gasteiger partial charge >= 0.3 is 0 Å². The first-order valence-corrected chi connectivity index (χ1v) is 9.92. The molecule has 29 heavy (non-hydrogen) atoms. The highest BCUT2D eigenvalue weighted by Gasteiger charge is 2.61. The molecule has 1 saturated heterocycles. The molecule has 4 rings (SSSR count). The first-order chi connectivity index (χ1) is 13.8. The molecule has 1 fully saturated rings. The minimum atomic E-state index is -1.37. The Bertz CT molecular complexity index is 1030. The Morgan fingerprint density at radius 1 is 1.10 bits per heavy atom. The quantitative estimate of drug-likeness (QED) is 0.869. The molecule has 0 aliphatic carbocycles. The number of anilines is 2. The van der Waals surface area contributed by atoms with Gasteiger partial charge in [-0.05, 0) is 51.5 Å². The largest absolute Gasteiger partial charge is 0.322 e. The number of aryl methyl sites for hydroxylation is 2. The van der Waals surface area contributed by atoms with E-state index in [1.54, 1.807) is 29.2 Å². The molecule has 6 nitrogen and oxygen atoms in total. The van der Waals surface area contributed by atoms with Crippen LogP contribution in [0.1, 0.15) is 48.2 Å². The Morgan fingerprint density at radius 2 is 1.83 bits per heavy atom. The number of nitrogens with one attached hydrogen (secondary N) is 1. The second-order valence-electron chi connectivity index (χ2n) is 8.10. The summed E-state index contributed by atoms with van der Waals surface area (Å²) in [5.41, 5.74) is 2.31. The topological polar surface area (TPSA) is 69.7 Å². The zero-order valence-corrected chi connectivity index (χ0v) is 17.2. The lowest BCUT2D eigenvalue weighted by atomic mass is 9.93. The summed E-state index contributed by atoms with van der Waals surface area (Å²) < 4.78 is 0. The summed E-state index contributed by atoms with van der Waals surface area (Å²) in [4.78, 5) is 43.1. The molecule has 2 heterocycles. The average Bonchev–Trinajstić information content (AvgIpc) is 3.02. The van der Waals surface area contributed by atoms with Gasteiger partial charge in [-0.3, -0.25) is 19.3 Å². The number of benzene rings is 2. The number of rotatable bonds is 3. The smallest absolute Gasteiger partial charge is 0.271 e. The minimum Gasteiger partial charge on any atom is -0.322 e. The second kappa shape index (κ2) is 6.72. The van der Waals surface area contributed by atoms with Gasteiger partial charge in [0.15, 0.2) is 0 Å². The molecule has 0 spiro atoms.